The van der Waals surface area contributed by atoms with E-state index in [0.29, 0.717) is 6.54 Å². The van der Waals surface area contributed by atoms with Crippen LogP contribution in [0.1, 0.15) is 24.6 Å². The van der Waals surface area contributed by atoms with Crippen LogP contribution in [0.5, 0.6) is 0 Å². The summed E-state index contributed by atoms with van der Waals surface area (Å²) in [6, 6.07) is 4.17. The molecule has 0 saturated heterocycles. The SMILES string of the molecule is CCCN(CCO)Cc1cnc2cc(C)ccn12. The number of aryl methyl sites for hydroxylation is 1. The highest BCUT2D eigenvalue weighted by Crippen LogP contribution is 2.11. The maximum atomic E-state index is 9.08. The van der Waals surface area contributed by atoms with E-state index in [-0.39, 0.29) is 6.61 Å². The molecule has 0 radical (unpaired) electrons. The molecule has 18 heavy (non-hydrogen) atoms. The number of aliphatic hydroxyl groups is 1. The molecule has 0 unspecified atom stereocenters. The lowest BCUT2D eigenvalue weighted by molar-refractivity contribution is 0.188. The van der Waals surface area contributed by atoms with E-state index in [4.69, 9.17) is 5.11 Å². The highest BCUT2D eigenvalue weighted by Gasteiger charge is 2.08. The second-order valence-corrected chi connectivity index (χ2v) is 4.68. The van der Waals surface area contributed by atoms with E-state index in [1.54, 1.807) is 0 Å². The van der Waals surface area contributed by atoms with Crippen LogP contribution in [-0.2, 0) is 6.54 Å². The van der Waals surface area contributed by atoms with Crippen molar-refractivity contribution < 1.29 is 5.11 Å². The van der Waals surface area contributed by atoms with E-state index in [1.807, 2.05) is 6.20 Å². The molecular formula is C14H21N3O. The van der Waals surface area contributed by atoms with Crippen LogP contribution in [0.25, 0.3) is 5.65 Å². The van der Waals surface area contributed by atoms with Crippen molar-refractivity contribution in [3.05, 3.63) is 35.8 Å². The lowest BCUT2D eigenvalue weighted by atomic mass is 10.3. The van der Waals surface area contributed by atoms with Crippen molar-refractivity contribution in [3.8, 4) is 0 Å². The quantitative estimate of drug-likeness (QED) is 0.847. The third kappa shape index (κ3) is 2.89. The first-order chi connectivity index (χ1) is 8.74. The van der Waals surface area contributed by atoms with Gasteiger partial charge in [0.25, 0.3) is 0 Å². The van der Waals surface area contributed by atoms with Crippen molar-refractivity contribution in [1.29, 1.82) is 0 Å². The highest BCUT2D eigenvalue weighted by atomic mass is 16.3. The predicted molar refractivity (Wildman–Crippen MR) is 72.6 cm³/mol. The molecule has 4 nitrogen and oxygen atoms in total. The summed E-state index contributed by atoms with van der Waals surface area (Å²) >= 11 is 0. The third-order valence-corrected chi connectivity index (χ3v) is 3.09. The third-order valence-electron chi connectivity index (χ3n) is 3.09. The van der Waals surface area contributed by atoms with Crippen LogP contribution >= 0.6 is 0 Å². The second-order valence-electron chi connectivity index (χ2n) is 4.68. The van der Waals surface area contributed by atoms with E-state index in [1.165, 1.54) is 11.3 Å². The van der Waals surface area contributed by atoms with Crippen molar-refractivity contribution in [2.45, 2.75) is 26.8 Å². The van der Waals surface area contributed by atoms with Crippen molar-refractivity contribution in [2.75, 3.05) is 19.7 Å². The Labute approximate surface area is 108 Å². The summed E-state index contributed by atoms with van der Waals surface area (Å²) in [4.78, 5) is 6.68. The number of hydrogen-bond acceptors (Lipinski definition) is 3. The van der Waals surface area contributed by atoms with Gasteiger partial charge in [0, 0.05) is 19.3 Å². The van der Waals surface area contributed by atoms with Gasteiger partial charge in [0.1, 0.15) is 5.65 Å². The van der Waals surface area contributed by atoms with Crippen molar-refractivity contribution in [2.24, 2.45) is 0 Å². The number of aliphatic hydroxyl groups excluding tert-OH is 1. The van der Waals surface area contributed by atoms with E-state index >= 15 is 0 Å². The first-order valence-electron chi connectivity index (χ1n) is 6.50. The van der Waals surface area contributed by atoms with Gasteiger partial charge in [0.15, 0.2) is 0 Å². The lowest BCUT2D eigenvalue weighted by Crippen LogP contribution is -2.27. The molecule has 0 amide bonds. The van der Waals surface area contributed by atoms with Crippen LogP contribution in [0.15, 0.2) is 24.5 Å². The summed E-state index contributed by atoms with van der Waals surface area (Å²) in [6.45, 7) is 6.98. The van der Waals surface area contributed by atoms with E-state index < -0.39 is 0 Å². The monoisotopic (exact) mass is 247 g/mol. The summed E-state index contributed by atoms with van der Waals surface area (Å²) in [5.41, 5.74) is 3.39. The smallest absolute Gasteiger partial charge is 0.137 e. The molecule has 0 atom stereocenters. The standard InChI is InChI=1S/C14H21N3O/c1-3-5-16(7-8-18)11-13-10-15-14-9-12(2)4-6-17(13)14/h4,6,9-10,18H,3,5,7-8,11H2,1-2H3. The zero-order chi connectivity index (χ0) is 13.0. The number of hydrogen-bond donors (Lipinski definition) is 1. The Morgan fingerprint density at radius 3 is 2.94 bits per heavy atom. The Morgan fingerprint density at radius 2 is 2.22 bits per heavy atom. The topological polar surface area (TPSA) is 40.8 Å². The average Bonchev–Trinajstić information content (AvgIpc) is 2.72. The van der Waals surface area contributed by atoms with Gasteiger partial charge in [0.2, 0.25) is 0 Å². The molecule has 2 rings (SSSR count). The Bertz CT molecular complexity index is 501. The number of aromatic nitrogens is 2. The molecule has 0 aliphatic heterocycles. The molecule has 2 heterocycles. The first-order valence-corrected chi connectivity index (χ1v) is 6.50. The highest BCUT2D eigenvalue weighted by molar-refractivity contribution is 5.42. The minimum Gasteiger partial charge on any atom is -0.395 e. The molecule has 4 heteroatoms. The molecule has 0 aliphatic carbocycles. The maximum Gasteiger partial charge on any atom is 0.137 e. The van der Waals surface area contributed by atoms with Crippen molar-refractivity contribution in [1.82, 2.24) is 14.3 Å². The average molecular weight is 247 g/mol. The molecule has 0 saturated carbocycles. The molecular weight excluding hydrogens is 226 g/mol. The molecule has 0 fully saturated rings. The minimum absolute atomic E-state index is 0.204. The Morgan fingerprint density at radius 1 is 1.39 bits per heavy atom. The van der Waals surface area contributed by atoms with Crippen molar-refractivity contribution in [3.63, 3.8) is 0 Å². The van der Waals surface area contributed by atoms with Crippen LogP contribution in [0.2, 0.25) is 0 Å². The van der Waals surface area contributed by atoms with Gasteiger partial charge in [-0.1, -0.05) is 6.92 Å². The normalized spacial score (nSPS) is 11.6. The Kier molecular flexibility index (Phi) is 4.33. The Balaban J connectivity index is 2.19. The molecule has 0 aromatic carbocycles. The number of nitrogens with zero attached hydrogens (tertiary/aromatic N) is 3. The van der Waals surface area contributed by atoms with E-state index in [0.717, 1.165) is 25.2 Å². The summed E-state index contributed by atoms with van der Waals surface area (Å²) < 4.78 is 2.12. The molecule has 2 aromatic rings. The van der Waals surface area contributed by atoms with Crippen molar-refractivity contribution >= 4 is 5.65 Å². The predicted octanol–water partition coefficient (Wildman–Crippen LogP) is 1.85. The van der Waals surface area contributed by atoms with Crippen LogP contribution < -0.4 is 0 Å². The first kappa shape index (κ1) is 13.1. The van der Waals surface area contributed by atoms with Gasteiger partial charge in [-0.2, -0.15) is 0 Å². The summed E-state index contributed by atoms with van der Waals surface area (Å²) in [5, 5.41) is 9.08. The molecule has 0 bridgehead atoms. The fourth-order valence-electron chi connectivity index (χ4n) is 2.21. The van der Waals surface area contributed by atoms with Gasteiger partial charge in [-0.05, 0) is 37.6 Å². The summed E-state index contributed by atoms with van der Waals surface area (Å²) in [6.07, 6.45) is 5.08. The van der Waals surface area contributed by atoms with Crippen LogP contribution in [0.3, 0.4) is 0 Å². The van der Waals surface area contributed by atoms with E-state index in [9.17, 15) is 0 Å². The van der Waals surface area contributed by atoms with Crippen LogP contribution in [0, 0.1) is 6.92 Å². The summed E-state index contributed by atoms with van der Waals surface area (Å²) in [5.74, 6) is 0. The lowest BCUT2D eigenvalue weighted by Gasteiger charge is -2.20. The largest absolute Gasteiger partial charge is 0.395 e. The second kappa shape index (κ2) is 5.98. The van der Waals surface area contributed by atoms with Crippen LogP contribution in [0.4, 0.5) is 0 Å². The molecule has 98 valence electrons. The van der Waals surface area contributed by atoms with Crippen LogP contribution in [-0.4, -0.2) is 39.1 Å². The van der Waals surface area contributed by atoms with E-state index in [2.05, 4.69) is 46.5 Å². The Hall–Kier alpha value is -1.39. The zero-order valence-electron chi connectivity index (χ0n) is 11.1. The molecule has 0 spiro atoms. The maximum absolute atomic E-state index is 9.08. The van der Waals surface area contributed by atoms with Gasteiger partial charge >= 0.3 is 0 Å². The van der Waals surface area contributed by atoms with Gasteiger partial charge in [-0.25, -0.2) is 4.98 Å². The van der Waals surface area contributed by atoms with Gasteiger partial charge in [0.05, 0.1) is 18.5 Å². The fraction of sp³-hybridized carbons (Fsp3) is 0.500. The minimum atomic E-state index is 0.204. The zero-order valence-corrected chi connectivity index (χ0v) is 11.1. The molecule has 2 aromatic heterocycles. The molecule has 0 aliphatic rings. The number of pyridine rings is 1. The van der Waals surface area contributed by atoms with Gasteiger partial charge < -0.3 is 9.51 Å². The summed E-state index contributed by atoms with van der Waals surface area (Å²) in [7, 11) is 0. The van der Waals surface area contributed by atoms with Gasteiger partial charge in [-0.15, -0.1) is 0 Å². The number of fused-ring (bicyclic) bond motifs is 1. The fourth-order valence-corrected chi connectivity index (χ4v) is 2.21. The van der Waals surface area contributed by atoms with Gasteiger partial charge in [-0.3, -0.25) is 4.90 Å². The number of imidazole rings is 1. The molecule has 1 N–H and O–H groups in total. The number of rotatable bonds is 6.